The third-order valence-corrected chi connectivity index (χ3v) is 4.26. The minimum absolute atomic E-state index is 0.124. The van der Waals surface area contributed by atoms with Crippen LogP contribution in [0.2, 0.25) is 0 Å². The van der Waals surface area contributed by atoms with Crippen LogP contribution in [-0.2, 0) is 6.54 Å². The molecule has 0 fully saturated rings. The van der Waals surface area contributed by atoms with Crippen LogP contribution in [-0.4, -0.2) is 22.8 Å². The summed E-state index contributed by atoms with van der Waals surface area (Å²) in [5, 5.41) is 18.8. The van der Waals surface area contributed by atoms with Crippen LogP contribution in [0.5, 0.6) is 11.5 Å². The molecule has 2 aromatic carbocycles. The van der Waals surface area contributed by atoms with Gasteiger partial charge in [0, 0.05) is 23.8 Å². The fourth-order valence-electron chi connectivity index (χ4n) is 2.82. The van der Waals surface area contributed by atoms with Crippen LogP contribution in [0.1, 0.15) is 34.1 Å². The van der Waals surface area contributed by atoms with Crippen LogP contribution in [0.3, 0.4) is 0 Å². The topological polar surface area (TPSA) is 70.6 Å². The van der Waals surface area contributed by atoms with E-state index in [0.29, 0.717) is 18.9 Å². The summed E-state index contributed by atoms with van der Waals surface area (Å²) >= 11 is 0. The van der Waals surface area contributed by atoms with Crippen molar-refractivity contribution >= 4 is 18.1 Å². The van der Waals surface area contributed by atoms with E-state index < -0.39 is 5.97 Å². The first-order valence-corrected chi connectivity index (χ1v) is 9.01. The van der Waals surface area contributed by atoms with Gasteiger partial charge in [-0.1, -0.05) is 18.2 Å². The van der Waals surface area contributed by atoms with Gasteiger partial charge < -0.3 is 14.9 Å². The molecule has 0 spiro atoms. The van der Waals surface area contributed by atoms with Gasteiger partial charge >= 0.3 is 5.97 Å². The molecule has 1 aromatic heterocycles. The highest BCUT2D eigenvalue weighted by molar-refractivity contribution is 5.87. The molecule has 0 saturated heterocycles. The molecule has 0 radical (unpaired) electrons. The number of hydrogen-bond acceptors (Lipinski definition) is 3. The number of carboxylic acid groups (broad SMARTS) is 1. The molecule has 28 heavy (non-hydrogen) atoms. The van der Waals surface area contributed by atoms with E-state index in [4.69, 9.17) is 9.84 Å². The number of aromatic nitrogens is 1. The number of aromatic hydroxyl groups is 1. The molecule has 0 aliphatic carbocycles. The van der Waals surface area contributed by atoms with Crippen molar-refractivity contribution in [1.29, 1.82) is 0 Å². The first-order chi connectivity index (χ1) is 13.6. The highest BCUT2D eigenvalue weighted by atomic mass is 16.5. The Morgan fingerprint density at radius 3 is 2.57 bits per heavy atom. The van der Waals surface area contributed by atoms with Crippen LogP contribution in [0.4, 0.5) is 0 Å². The normalized spacial score (nSPS) is 10.9. The molecule has 0 aliphatic heterocycles. The molecular formula is C23H22NO4+. The van der Waals surface area contributed by atoms with Crippen molar-refractivity contribution in [2.45, 2.75) is 13.5 Å². The number of phenolic OH excluding ortho intramolecular Hbond substituents is 1. The van der Waals surface area contributed by atoms with E-state index in [-0.39, 0.29) is 11.3 Å². The maximum Gasteiger partial charge on any atom is 0.335 e. The average molecular weight is 376 g/mol. The van der Waals surface area contributed by atoms with Crippen molar-refractivity contribution in [3.63, 3.8) is 0 Å². The molecule has 5 heteroatoms. The van der Waals surface area contributed by atoms with Crippen molar-refractivity contribution in [3.8, 4) is 11.5 Å². The minimum atomic E-state index is -0.928. The summed E-state index contributed by atoms with van der Waals surface area (Å²) in [7, 11) is 0. The van der Waals surface area contributed by atoms with Gasteiger partial charge in [-0.15, -0.1) is 0 Å². The molecule has 0 atom stereocenters. The van der Waals surface area contributed by atoms with Gasteiger partial charge in [-0.2, -0.15) is 4.57 Å². The van der Waals surface area contributed by atoms with Gasteiger partial charge in [0.05, 0.1) is 12.2 Å². The molecule has 0 amide bonds. The fourth-order valence-corrected chi connectivity index (χ4v) is 2.82. The Kier molecular flexibility index (Phi) is 6.07. The number of phenols is 1. The molecule has 2 N–H and O–H groups in total. The van der Waals surface area contributed by atoms with Crippen molar-refractivity contribution in [3.05, 3.63) is 89.2 Å². The molecule has 3 aromatic rings. The number of nitrogens with zero attached hydrogens (tertiary/aromatic N) is 1. The second kappa shape index (κ2) is 8.86. The second-order valence-electron chi connectivity index (χ2n) is 6.25. The Bertz CT molecular complexity index is 994. The summed E-state index contributed by atoms with van der Waals surface area (Å²) in [6.45, 7) is 2.98. The van der Waals surface area contributed by atoms with Gasteiger partial charge in [0.25, 0.3) is 0 Å². The minimum Gasteiger partial charge on any atom is -0.504 e. The summed E-state index contributed by atoms with van der Waals surface area (Å²) < 4.78 is 7.51. The predicted octanol–water partition coefficient (Wildman–Crippen LogP) is 4.00. The summed E-state index contributed by atoms with van der Waals surface area (Å²) in [6, 6.07) is 18.0. The highest BCUT2D eigenvalue weighted by Crippen LogP contribution is 2.27. The summed E-state index contributed by atoms with van der Waals surface area (Å²) in [5.41, 5.74) is 3.21. The second-order valence-corrected chi connectivity index (χ2v) is 6.25. The van der Waals surface area contributed by atoms with Crippen LogP contribution >= 0.6 is 0 Å². The number of carboxylic acids is 1. The zero-order valence-electron chi connectivity index (χ0n) is 15.6. The third kappa shape index (κ3) is 4.76. The van der Waals surface area contributed by atoms with Gasteiger partial charge in [-0.3, -0.25) is 0 Å². The van der Waals surface area contributed by atoms with Crippen molar-refractivity contribution in [1.82, 2.24) is 0 Å². The molecule has 0 aliphatic rings. The van der Waals surface area contributed by atoms with E-state index in [1.165, 1.54) is 0 Å². The largest absolute Gasteiger partial charge is 0.504 e. The van der Waals surface area contributed by atoms with E-state index >= 15 is 0 Å². The van der Waals surface area contributed by atoms with Gasteiger partial charge in [-0.25, -0.2) is 4.79 Å². The first kappa shape index (κ1) is 19.2. The van der Waals surface area contributed by atoms with E-state index in [1.54, 1.807) is 24.3 Å². The van der Waals surface area contributed by atoms with Gasteiger partial charge in [0.2, 0.25) is 5.69 Å². The number of ether oxygens (including phenoxy) is 1. The Morgan fingerprint density at radius 1 is 1.07 bits per heavy atom. The smallest absolute Gasteiger partial charge is 0.335 e. The van der Waals surface area contributed by atoms with Crippen LogP contribution in [0.25, 0.3) is 12.2 Å². The lowest BCUT2D eigenvalue weighted by Crippen LogP contribution is -2.36. The molecule has 0 bridgehead atoms. The molecule has 0 unspecified atom stereocenters. The quantitative estimate of drug-likeness (QED) is 0.612. The number of hydrogen-bond donors (Lipinski definition) is 2. The Balaban J connectivity index is 1.81. The number of carbonyl (C=O) groups is 1. The number of aromatic carboxylic acids is 1. The van der Waals surface area contributed by atoms with E-state index in [1.807, 2.05) is 61.7 Å². The molecule has 0 saturated carbocycles. The molecule has 3 rings (SSSR count). The summed E-state index contributed by atoms with van der Waals surface area (Å²) in [4.78, 5) is 11.0. The zero-order chi connectivity index (χ0) is 19.9. The van der Waals surface area contributed by atoms with Crippen LogP contribution in [0.15, 0.2) is 66.9 Å². The number of benzene rings is 2. The van der Waals surface area contributed by atoms with Crippen LogP contribution < -0.4 is 9.30 Å². The Hall–Kier alpha value is -3.60. The fraction of sp³-hybridized carbons (Fsp3) is 0.130. The lowest BCUT2D eigenvalue weighted by molar-refractivity contribution is -0.690. The first-order valence-electron chi connectivity index (χ1n) is 9.01. The maximum absolute atomic E-state index is 11.0. The van der Waals surface area contributed by atoms with Gasteiger partial charge in [0.1, 0.15) is 0 Å². The Labute approximate surface area is 163 Å². The predicted molar refractivity (Wildman–Crippen MR) is 107 cm³/mol. The highest BCUT2D eigenvalue weighted by Gasteiger charge is 2.09. The lowest BCUT2D eigenvalue weighted by Gasteiger charge is -2.06. The molecule has 5 nitrogen and oxygen atoms in total. The average Bonchev–Trinajstić information content (AvgIpc) is 2.70. The monoisotopic (exact) mass is 376 g/mol. The van der Waals surface area contributed by atoms with Gasteiger partial charge in [-0.05, 0) is 48.9 Å². The SMILES string of the molecule is CCOc1cc(/C=C/c2cccc[n+]2Cc2ccc(C(=O)O)cc2)ccc1O. The van der Waals surface area contributed by atoms with Crippen molar-refractivity contribution in [2.24, 2.45) is 0 Å². The van der Waals surface area contributed by atoms with Crippen LogP contribution in [0, 0.1) is 0 Å². The summed E-state index contributed by atoms with van der Waals surface area (Å²) in [5.74, 6) is -0.342. The van der Waals surface area contributed by atoms with Gasteiger partial charge in [0.15, 0.2) is 24.2 Å². The number of rotatable bonds is 7. The molecule has 1 heterocycles. The molecule has 142 valence electrons. The number of pyridine rings is 1. The van der Waals surface area contributed by atoms with E-state index in [0.717, 1.165) is 16.8 Å². The summed E-state index contributed by atoms with van der Waals surface area (Å²) in [6.07, 6.45) is 5.93. The van der Waals surface area contributed by atoms with E-state index in [2.05, 4.69) is 4.57 Å². The van der Waals surface area contributed by atoms with E-state index in [9.17, 15) is 9.90 Å². The van der Waals surface area contributed by atoms with Crippen molar-refractivity contribution in [2.75, 3.05) is 6.61 Å². The maximum atomic E-state index is 11.0. The molecular weight excluding hydrogens is 354 g/mol. The Morgan fingerprint density at radius 2 is 1.86 bits per heavy atom. The standard InChI is InChI=1S/C23H21NO4/c1-2-28-22-15-17(9-13-21(22)25)8-12-20-5-3-4-14-24(20)16-18-6-10-19(11-7-18)23(26)27/h3-15H,2,16H2,1H3,(H,26,27)/p+1. The van der Waals surface area contributed by atoms with Crippen molar-refractivity contribution < 1.29 is 24.3 Å². The lowest BCUT2D eigenvalue weighted by atomic mass is 10.1. The third-order valence-electron chi connectivity index (χ3n) is 4.26. The zero-order valence-corrected chi connectivity index (χ0v) is 15.6.